The Balaban J connectivity index is 2.08. The fraction of sp³-hybridized carbons (Fsp3) is 0.214. The van der Waals surface area contributed by atoms with Crippen molar-refractivity contribution in [3.8, 4) is 0 Å². The molecule has 0 saturated carbocycles. The van der Waals surface area contributed by atoms with Gasteiger partial charge in [0.25, 0.3) is 11.6 Å². The number of nitrogens with zero attached hydrogens (tertiary/aromatic N) is 1. The molecule has 2 aromatic rings. The Hall–Kier alpha value is -2.74. The Bertz CT molecular complexity index is 697. The van der Waals surface area contributed by atoms with Gasteiger partial charge in [0.15, 0.2) is 0 Å². The van der Waals surface area contributed by atoms with Gasteiger partial charge in [-0.15, -0.1) is 0 Å². The molecule has 1 amide bonds. The molecule has 0 fully saturated rings. The van der Waals surface area contributed by atoms with Crippen molar-refractivity contribution in [1.82, 2.24) is 5.32 Å². The van der Waals surface area contributed by atoms with Crippen LogP contribution in [0.1, 0.15) is 23.0 Å². The van der Waals surface area contributed by atoms with Crippen LogP contribution in [0.5, 0.6) is 0 Å². The number of amides is 1. The zero-order valence-electron chi connectivity index (χ0n) is 11.6. The van der Waals surface area contributed by atoms with Crippen molar-refractivity contribution in [2.75, 3.05) is 6.54 Å². The molecule has 1 unspecified atom stereocenters. The molecule has 0 saturated heterocycles. The highest BCUT2D eigenvalue weighted by atomic mass is 19.1. The first-order chi connectivity index (χ1) is 10.3. The van der Waals surface area contributed by atoms with E-state index in [-0.39, 0.29) is 17.9 Å². The molecule has 0 spiro atoms. The van der Waals surface area contributed by atoms with Crippen molar-refractivity contribution in [3.05, 3.63) is 63.9 Å². The fourth-order valence-electron chi connectivity index (χ4n) is 1.82. The van der Waals surface area contributed by atoms with E-state index < -0.39 is 27.9 Å². The summed E-state index contributed by atoms with van der Waals surface area (Å²) in [5, 5.41) is 23.0. The summed E-state index contributed by atoms with van der Waals surface area (Å²) in [6.45, 7) is 1.22. The molecule has 1 heterocycles. The summed E-state index contributed by atoms with van der Waals surface area (Å²) in [6, 6.07) is 5.84. The van der Waals surface area contributed by atoms with Gasteiger partial charge in [0, 0.05) is 6.07 Å². The summed E-state index contributed by atoms with van der Waals surface area (Å²) in [4.78, 5) is 21.7. The van der Waals surface area contributed by atoms with Crippen molar-refractivity contribution in [1.29, 1.82) is 0 Å². The molecule has 0 aliphatic heterocycles. The number of hydrogen-bond donors (Lipinski definition) is 2. The number of rotatable bonds is 5. The van der Waals surface area contributed by atoms with Gasteiger partial charge in [0.05, 0.1) is 29.4 Å². The zero-order chi connectivity index (χ0) is 16.3. The molecule has 8 heteroatoms. The van der Waals surface area contributed by atoms with Crippen molar-refractivity contribution in [2.24, 2.45) is 0 Å². The maximum Gasteiger partial charge on any atom is 0.272 e. The van der Waals surface area contributed by atoms with Gasteiger partial charge in [0.2, 0.25) is 0 Å². The summed E-state index contributed by atoms with van der Waals surface area (Å²) in [5.74, 6) is -1.56. The van der Waals surface area contributed by atoms with Crippen LogP contribution in [0.15, 0.2) is 41.0 Å². The number of nitro benzene ring substituents is 1. The molecule has 2 N–H and O–H groups in total. The lowest BCUT2D eigenvalue weighted by molar-refractivity contribution is -0.385. The Labute approximate surface area is 124 Å². The number of carbonyl (C=O) groups excluding carboxylic acids is 1. The second-order valence-electron chi connectivity index (χ2n) is 4.86. The van der Waals surface area contributed by atoms with E-state index in [1.54, 1.807) is 12.1 Å². The summed E-state index contributed by atoms with van der Waals surface area (Å²) < 4.78 is 18.8. The van der Waals surface area contributed by atoms with Gasteiger partial charge in [-0.3, -0.25) is 14.9 Å². The van der Waals surface area contributed by atoms with Crippen LogP contribution in [-0.2, 0) is 5.60 Å². The van der Waals surface area contributed by atoms with Gasteiger partial charge >= 0.3 is 0 Å². The minimum absolute atomic E-state index is 0.213. The number of aliphatic hydroxyl groups is 1. The molecule has 0 radical (unpaired) electrons. The SMILES string of the molecule is CC(O)(CNC(=O)c1ccc([N+](=O)[O-])cc1F)c1ccco1. The third-order valence-electron chi connectivity index (χ3n) is 3.05. The Morgan fingerprint density at radius 2 is 2.23 bits per heavy atom. The van der Waals surface area contributed by atoms with Gasteiger partial charge in [-0.2, -0.15) is 0 Å². The van der Waals surface area contributed by atoms with Gasteiger partial charge in [-0.05, 0) is 25.1 Å². The van der Waals surface area contributed by atoms with E-state index in [1.165, 1.54) is 13.2 Å². The molecule has 1 aromatic carbocycles. The minimum Gasteiger partial charge on any atom is -0.466 e. The molecule has 0 bridgehead atoms. The Morgan fingerprint density at radius 1 is 1.50 bits per heavy atom. The average Bonchev–Trinajstić information content (AvgIpc) is 2.99. The van der Waals surface area contributed by atoms with Crippen LogP contribution in [0.25, 0.3) is 0 Å². The second kappa shape index (κ2) is 5.94. The van der Waals surface area contributed by atoms with Crippen LogP contribution in [0, 0.1) is 15.9 Å². The first-order valence-electron chi connectivity index (χ1n) is 6.30. The molecule has 116 valence electrons. The number of nitro groups is 1. The third-order valence-corrected chi connectivity index (χ3v) is 3.05. The van der Waals surface area contributed by atoms with E-state index in [9.17, 15) is 24.4 Å². The van der Waals surface area contributed by atoms with Crippen LogP contribution in [-0.4, -0.2) is 22.5 Å². The quantitative estimate of drug-likeness (QED) is 0.649. The lowest BCUT2D eigenvalue weighted by Gasteiger charge is -2.21. The number of nitrogens with one attached hydrogen (secondary N) is 1. The van der Waals surface area contributed by atoms with Crippen LogP contribution in [0.2, 0.25) is 0 Å². The monoisotopic (exact) mass is 308 g/mol. The standard InChI is InChI=1S/C14H13FN2O5/c1-14(19,12-3-2-6-22-12)8-16-13(18)10-5-4-9(17(20)21)7-11(10)15/h2-7,19H,8H2,1H3,(H,16,18). The number of carbonyl (C=O) groups is 1. The van der Waals surface area contributed by atoms with Crippen LogP contribution < -0.4 is 5.32 Å². The molecule has 22 heavy (non-hydrogen) atoms. The highest BCUT2D eigenvalue weighted by molar-refractivity contribution is 5.94. The normalized spacial score (nSPS) is 13.4. The van der Waals surface area contributed by atoms with Crippen molar-refractivity contribution >= 4 is 11.6 Å². The van der Waals surface area contributed by atoms with E-state index in [1.807, 2.05) is 0 Å². The smallest absolute Gasteiger partial charge is 0.272 e. The molecular formula is C14H13FN2O5. The Morgan fingerprint density at radius 3 is 2.77 bits per heavy atom. The number of hydrogen-bond acceptors (Lipinski definition) is 5. The summed E-state index contributed by atoms with van der Waals surface area (Å²) in [6.07, 6.45) is 1.38. The maximum atomic E-state index is 13.7. The number of halogens is 1. The molecule has 1 atom stereocenters. The first-order valence-corrected chi connectivity index (χ1v) is 6.30. The minimum atomic E-state index is -1.46. The zero-order valence-corrected chi connectivity index (χ0v) is 11.6. The van der Waals surface area contributed by atoms with Crippen LogP contribution in [0.4, 0.5) is 10.1 Å². The average molecular weight is 308 g/mol. The number of benzene rings is 1. The second-order valence-corrected chi connectivity index (χ2v) is 4.86. The summed E-state index contributed by atoms with van der Waals surface area (Å²) in [5.41, 5.74) is -2.26. The first kappa shape index (κ1) is 15.6. The van der Waals surface area contributed by atoms with E-state index in [2.05, 4.69) is 5.32 Å². The van der Waals surface area contributed by atoms with Gasteiger partial charge < -0.3 is 14.8 Å². The molecule has 7 nitrogen and oxygen atoms in total. The fourth-order valence-corrected chi connectivity index (χ4v) is 1.82. The maximum absolute atomic E-state index is 13.7. The molecule has 1 aromatic heterocycles. The van der Waals surface area contributed by atoms with Gasteiger partial charge in [0.1, 0.15) is 17.2 Å². The van der Waals surface area contributed by atoms with E-state index in [4.69, 9.17) is 4.42 Å². The molecule has 0 aliphatic rings. The van der Waals surface area contributed by atoms with E-state index in [0.717, 1.165) is 12.1 Å². The topological polar surface area (TPSA) is 106 Å². The largest absolute Gasteiger partial charge is 0.466 e. The number of furan rings is 1. The van der Waals surface area contributed by atoms with Gasteiger partial charge in [-0.25, -0.2) is 4.39 Å². The van der Waals surface area contributed by atoms with E-state index in [0.29, 0.717) is 6.07 Å². The molecular weight excluding hydrogens is 295 g/mol. The van der Waals surface area contributed by atoms with Crippen molar-refractivity contribution in [3.63, 3.8) is 0 Å². The molecule has 2 rings (SSSR count). The number of non-ortho nitro benzene ring substituents is 1. The molecule has 0 aliphatic carbocycles. The predicted molar refractivity (Wildman–Crippen MR) is 73.7 cm³/mol. The summed E-state index contributed by atoms with van der Waals surface area (Å²) >= 11 is 0. The van der Waals surface area contributed by atoms with Crippen molar-refractivity contribution < 1.29 is 23.6 Å². The highest BCUT2D eigenvalue weighted by Gasteiger charge is 2.27. The summed E-state index contributed by atoms with van der Waals surface area (Å²) in [7, 11) is 0. The third kappa shape index (κ3) is 3.29. The van der Waals surface area contributed by atoms with Crippen LogP contribution >= 0.6 is 0 Å². The predicted octanol–water partition coefficient (Wildman–Crippen LogP) is 1.96. The van der Waals surface area contributed by atoms with Crippen LogP contribution in [0.3, 0.4) is 0 Å². The lowest BCUT2D eigenvalue weighted by atomic mass is 10.0. The van der Waals surface area contributed by atoms with Gasteiger partial charge in [-0.1, -0.05) is 0 Å². The highest BCUT2D eigenvalue weighted by Crippen LogP contribution is 2.21. The van der Waals surface area contributed by atoms with Crippen molar-refractivity contribution in [2.45, 2.75) is 12.5 Å². The lowest BCUT2D eigenvalue weighted by Crippen LogP contribution is -2.38. The Kier molecular flexibility index (Phi) is 4.22. The van der Waals surface area contributed by atoms with E-state index >= 15 is 0 Å².